The Morgan fingerprint density at radius 1 is 1.25 bits per heavy atom. The smallest absolute Gasteiger partial charge is 0.166 e. The largest absolute Gasteiger partial charge is 0.493 e. The van der Waals surface area contributed by atoms with Gasteiger partial charge in [-0.2, -0.15) is 0 Å². The van der Waals surface area contributed by atoms with Crippen molar-refractivity contribution in [3.8, 4) is 11.5 Å². The first-order valence-electron chi connectivity index (χ1n) is 9.80. The van der Waals surface area contributed by atoms with Gasteiger partial charge < -0.3 is 14.6 Å². The summed E-state index contributed by atoms with van der Waals surface area (Å²) in [6.07, 6.45) is 5.27. The zero-order valence-electron chi connectivity index (χ0n) is 15.9. The molecule has 5 heteroatoms. The van der Waals surface area contributed by atoms with Crippen LogP contribution in [0.25, 0.3) is 0 Å². The summed E-state index contributed by atoms with van der Waals surface area (Å²) in [6, 6.07) is 12.8. The van der Waals surface area contributed by atoms with E-state index in [0.717, 1.165) is 42.0 Å². The molecule has 0 saturated heterocycles. The van der Waals surface area contributed by atoms with E-state index in [1.165, 1.54) is 16.7 Å². The van der Waals surface area contributed by atoms with Gasteiger partial charge in [-0.3, -0.25) is 4.90 Å². The van der Waals surface area contributed by atoms with Gasteiger partial charge in [0.15, 0.2) is 11.5 Å². The quantitative estimate of drug-likeness (QED) is 0.725. The maximum Gasteiger partial charge on any atom is 0.166 e. The van der Waals surface area contributed by atoms with Crippen molar-refractivity contribution >= 4 is 15.9 Å². The van der Waals surface area contributed by atoms with Crippen molar-refractivity contribution in [1.82, 2.24) is 4.90 Å². The molecule has 2 heterocycles. The van der Waals surface area contributed by atoms with Crippen LogP contribution in [0.4, 0.5) is 0 Å². The summed E-state index contributed by atoms with van der Waals surface area (Å²) in [7, 11) is 1.69. The predicted molar refractivity (Wildman–Crippen MR) is 112 cm³/mol. The molecule has 3 aliphatic rings. The summed E-state index contributed by atoms with van der Waals surface area (Å²) in [4.78, 5) is 2.51. The molecule has 4 nitrogen and oxygen atoms in total. The SMILES string of the molecule is COc1ccc2c3c1O[C@H]1C[C@@H](O)C=CC31CCN(Cc1ccc(Br)cc1)C2. The molecule has 1 spiro atoms. The summed E-state index contributed by atoms with van der Waals surface area (Å²) in [5, 5.41) is 10.2. The van der Waals surface area contributed by atoms with Crippen LogP contribution in [0.5, 0.6) is 11.5 Å². The van der Waals surface area contributed by atoms with Crippen molar-refractivity contribution in [3.05, 3.63) is 69.7 Å². The highest BCUT2D eigenvalue weighted by molar-refractivity contribution is 9.10. The molecule has 1 aliphatic carbocycles. The van der Waals surface area contributed by atoms with Gasteiger partial charge in [0.05, 0.1) is 18.6 Å². The molecule has 0 saturated carbocycles. The lowest BCUT2D eigenvalue weighted by molar-refractivity contribution is 0.0806. The molecule has 0 amide bonds. The van der Waals surface area contributed by atoms with Gasteiger partial charge in [-0.1, -0.05) is 46.3 Å². The number of nitrogens with zero attached hydrogens (tertiary/aromatic N) is 1. The Morgan fingerprint density at radius 2 is 2.07 bits per heavy atom. The highest BCUT2D eigenvalue weighted by Gasteiger charge is 2.52. The fourth-order valence-electron chi connectivity index (χ4n) is 4.98. The van der Waals surface area contributed by atoms with Crippen LogP contribution in [-0.4, -0.2) is 35.9 Å². The van der Waals surface area contributed by atoms with Gasteiger partial charge in [0.2, 0.25) is 0 Å². The number of hydrogen-bond acceptors (Lipinski definition) is 4. The monoisotopic (exact) mass is 441 g/mol. The number of hydrogen-bond donors (Lipinski definition) is 1. The highest BCUT2D eigenvalue weighted by atomic mass is 79.9. The van der Waals surface area contributed by atoms with E-state index in [0.29, 0.717) is 6.42 Å². The zero-order valence-corrected chi connectivity index (χ0v) is 17.5. The summed E-state index contributed by atoms with van der Waals surface area (Å²) < 4.78 is 13.1. The normalized spacial score (nSPS) is 28.2. The maximum absolute atomic E-state index is 10.2. The lowest BCUT2D eigenvalue weighted by atomic mass is 9.69. The lowest BCUT2D eigenvalue weighted by Gasteiger charge is -2.35. The third-order valence-corrected chi connectivity index (χ3v) is 6.88. The predicted octanol–water partition coefficient (Wildman–Crippen LogP) is 4.18. The number of benzene rings is 2. The van der Waals surface area contributed by atoms with Crippen LogP contribution in [0.15, 0.2) is 53.0 Å². The van der Waals surface area contributed by atoms with E-state index >= 15 is 0 Å². The molecular weight excluding hydrogens is 418 g/mol. The van der Waals surface area contributed by atoms with E-state index in [1.54, 1.807) is 7.11 Å². The first-order valence-corrected chi connectivity index (χ1v) is 10.6. The minimum atomic E-state index is -0.443. The molecule has 5 rings (SSSR count). The third-order valence-electron chi connectivity index (χ3n) is 6.35. The lowest BCUT2D eigenvalue weighted by Crippen LogP contribution is -2.43. The average molecular weight is 442 g/mol. The van der Waals surface area contributed by atoms with Crippen LogP contribution in [-0.2, 0) is 18.5 Å². The summed E-state index contributed by atoms with van der Waals surface area (Å²) in [5.41, 5.74) is 3.70. The molecule has 0 bridgehead atoms. The molecule has 1 N–H and O–H groups in total. The Hall–Kier alpha value is -1.82. The van der Waals surface area contributed by atoms with E-state index < -0.39 is 6.10 Å². The van der Waals surface area contributed by atoms with Crippen LogP contribution in [0, 0.1) is 0 Å². The first-order chi connectivity index (χ1) is 13.6. The number of aliphatic hydroxyl groups excluding tert-OH is 1. The Labute approximate surface area is 173 Å². The molecule has 2 aromatic carbocycles. The second-order valence-electron chi connectivity index (χ2n) is 8.03. The molecule has 0 radical (unpaired) electrons. The van der Waals surface area contributed by atoms with Gasteiger partial charge in [0, 0.05) is 36.1 Å². The molecule has 0 fully saturated rings. The second kappa shape index (κ2) is 6.90. The van der Waals surface area contributed by atoms with Gasteiger partial charge in [-0.05, 0) is 35.7 Å². The third kappa shape index (κ3) is 2.88. The first kappa shape index (κ1) is 18.2. The standard InChI is InChI=1S/C23H24BrNO3/c1-27-19-7-4-16-14-25(13-15-2-5-17(24)6-3-15)11-10-23-9-8-18(26)12-20(23)28-22(19)21(16)23/h2-9,18,20,26H,10-14H2,1H3/t18-,20-,23?/m0/s1. The average Bonchev–Trinajstić information content (AvgIpc) is 2.94. The van der Waals surface area contributed by atoms with Gasteiger partial charge >= 0.3 is 0 Å². The van der Waals surface area contributed by atoms with E-state index in [9.17, 15) is 5.11 Å². The number of aliphatic hydroxyl groups is 1. The van der Waals surface area contributed by atoms with Crippen LogP contribution >= 0.6 is 15.9 Å². The fourth-order valence-corrected chi connectivity index (χ4v) is 5.24. The molecule has 3 atom stereocenters. The van der Waals surface area contributed by atoms with Crippen LogP contribution < -0.4 is 9.47 Å². The summed E-state index contributed by atoms with van der Waals surface area (Å²) >= 11 is 3.52. The number of rotatable bonds is 3. The Morgan fingerprint density at radius 3 is 2.86 bits per heavy atom. The highest BCUT2D eigenvalue weighted by Crippen LogP contribution is 2.55. The minimum Gasteiger partial charge on any atom is -0.493 e. The summed E-state index contributed by atoms with van der Waals surface area (Å²) in [5.74, 6) is 1.66. The zero-order chi connectivity index (χ0) is 19.3. The molecule has 1 unspecified atom stereocenters. The Kier molecular flexibility index (Phi) is 4.49. The van der Waals surface area contributed by atoms with E-state index in [2.05, 4.69) is 57.2 Å². The molecule has 28 heavy (non-hydrogen) atoms. The van der Waals surface area contributed by atoms with Gasteiger partial charge in [-0.25, -0.2) is 0 Å². The Balaban J connectivity index is 1.54. The van der Waals surface area contributed by atoms with Crippen LogP contribution in [0.2, 0.25) is 0 Å². The number of ether oxygens (including phenoxy) is 2. The molecule has 0 aromatic heterocycles. The van der Waals surface area contributed by atoms with E-state index in [4.69, 9.17) is 9.47 Å². The van der Waals surface area contributed by atoms with Crippen molar-refractivity contribution in [2.24, 2.45) is 0 Å². The van der Waals surface area contributed by atoms with Crippen LogP contribution in [0.1, 0.15) is 29.5 Å². The molecule has 146 valence electrons. The van der Waals surface area contributed by atoms with Gasteiger partial charge in [-0.15, -0.1) is 0 Å². The van der Waals surface area contributed by atoms with Crippen molar-refractivity contribution in [2.75, 3.05) is 13.7 Å². The van der Waals surface area contributed by atoms with Crippen molar-refractivity contribution in [3.63, 3.8) is 0 Å². The van der Waals surface area contributed by atoms with Gasteiger partial charge in [0.25, 0.3) is 0 Å². The molecule has 2 aliphatic heterocycles. The van der Waals surface area contributed by atoms with Crippen molar-refractivity contribution in [1.29, 1.82) is 0 Å². The van der Waals surface area contributed by atoms with E-state index in [1.807, 2.05) is 12.1 Å². The fraction of sp³-hybridized carbons (Fsp3) is 0.391. The second-order valence-corrected chi connectivity index (χ2v) is 8.94. The topological polar surface area (TPSA) is 41.9 Å². The maximum atomic E-state index is 10.2. The molecular formula is C23H24BrNO3. The Bertz CT molecular complexity index is 926. The van der Waals surface area contributed by atoms with E-state index in [-0.39, 0.29) is 11.5 Å². The van der Waals surface area contributed by atoms with Crippen molar-refractivity contribution in [2.45, 2.75) is 43.6 Å². The molecule has 2 aromatic rings. The summed E-state index contributed by atoms with van der Waals surface area (Å²) in [6.45, 7) is 2.78. The van der Waals surface area contributed by atoms with Crippen molar-refractivity contribution < 1.29 is 14.6 Å². The minimum absolute atomic E-state index is 0.0369. The van der Waals surface area contributed by atoms with Gasteiger partial charge in [0.1, 0.15) is 6.10 Å². The number of halogens is 1. The van der Waals surface area contributed by atoms with Crippen LogP contribution in [0.3, 0.4) is 0 Å². The number of methoxy groups -OCH3 is 1.